The normalized spacial score (nSPS) is 26.1. The fraction of sp³-hybridized carbons (Fsp3) is 0.400. The number of carbonyl (C=O) groups is 1. The lowest BCUT2D eigenvalue weighted by atomic mass is 10.00. The van der Waals surface area contributed by atoms with Gasteiger partial charge in [0.2, 0.25) is 5.91 Å². The second-order valence-corrected chi connectivity index (χ2v) is 5.08. The van der Waals surface area contributed by atoms with E-state index in [0.717, 1.165) is 19.3 Å². The molecule has 3 heteroatoms. The number of rotatable bonds is 2. The number of anilines is 1. The zero-order chi connectivity index (χ0) is 12.5. The summed E-state index contributed by atoms with van der Waals surface area (Å²) < 4.78 is 0. The van der Waals surface area contributed by atoms with Crippen LogP contribution in [0.25, 0.3) is 0 Å². The van der Waals surface area contributed by atoms with Crippen molar-refractivity contribution in [1.29, 1.82) is 0 Å². The van der Waals surface area contributed by atoms with Crippen LogP contribution in [0.2, 0.25) is 0 Å². The first kappa shape index (κ1) is 11.3. The maximum Gasteiger partial charge on any atom is 0.240 e. The third-order valence-electron chi connectivity index (χ3n) is 3.93. The van der Waals surface area contributed by atoms with Crippen LogP contribution in [-0.4, -0.2) is 18.0 Å². The van der Waals surface area contributed by atoms with E-state index in [1.165, 1.54) is 17.7 Å². The SMILES string of the molecule is NC(=O)[C@@H]1Cc2ccccc2N1[C@@H]1C=CCCC1. The Morgan fingerprint density at radius 1 is 1.33 bits per heavy atom. The van der Waals surface area contributed by atoms with E-state index in [0.29, 0.717) is 6.04 Å². The van der Waals surface area contributed by atoms with Crippen LogP contribution in [0.15, 0.2) is 36.4 Å². The highest BCUT2D eigenvalue weighted by Crippen LogP contribution is 2.35. The van der Waals surface area contributed by atoms with Crippen LogP contribution in [0.1, 0.15) is 24.8 Å². The van der Waals surface area contributed by atoms with Crippen LogP contribution >= 0.6 is 0 Å². The van der Waals surface area contributed by atoms with E-state index in [9.17, 15) is 4.79 Å². The molecule has 1 aliphatic heterocycles. The zero-order valence-electron chi connectivity index (χ0n) is 10.4. The molecule has 18 heavy (non-hydrogen) atoms. The number of nitrogens with zero attached hydrogens (tertiary/aromatic N) is 1. The number of hydrogen-bond donors (Lipinski definition) is 1. The van der Waals surface area contributed by atoms with E-state index in [1.54, 1.807) is 0 Å². The third kappa shape index (κ3) is 1.80. The highest BCUT2D eigenvalue weighted by atomic mass is 16.1. The maximum atomic E-state index is 11.7. The molecule has 0 radical (unpaired) electrons. The molecule has 2 atom stereocenters. The molecule has 94 valence electrons. The summed E-state index contributed by atoms with van der Waals surface area (Å²) in [5, 5.41) is 0. The molecule has 3 nitrogen and oxygen atoms in total. The molecule has 1 amide bonds. The summed E-state index contributed by atoms with van der Waals surface area (Å²) in [7, 11) is 0. The van der Waals surface area contributed by atoms with E-state index in [1.807, 2.05) is 12.1 Å². The van der Waals surface area contributed by atoms with Crippen molar-refractivity contribution in [3.63, 3.8) is 0 Å². The second kappa shape index (κ2) is 4.48. The number of allylic oxidation sites excluding steroid dienone is 1. The van der Waals surface area contributed by atoms with Gasteiger partial charge in [-0.1, -0.05) is 30.4 Å². The van der Waals surface area contributed by atoms with Gasteiger partial charge in [-0.3, -0.25) is 4.79 Å². The number of nitrogens with two attached hydrogens (primary N) is 1. The lowest BCUT2D eigenvalue weighted by Gasteiger charge is -2.34. The fourth-order valence-corrected chi connectivity index (χ4v) is 3.08. The van der Waals surface area contributed by atoms with E-state index in [2.05, 4.69) is 29.2 Å². The first-order valence-electron chi connectivity index (χ1n) is 6.59. The van der Waals surface area contributed by atoms with Crippen molar-refractivity contribution < 1.29 is 4.79 Å². The predicted molar refractivity (Wildman–Crippen MR) is 72.4 cm³/mol. The standard InChI is InChI=1S/C15H18N2O/c16-15(18)14-10-11-6-4-5-9-13(11)17(14)12-7-2-1-3-8-12/h2,4-7,9,12,14H,1,3,8,10H2,(H2,16,18)/t12-,14+/m1/s1. The van der Waals surface area contributed by atoms with Crippen LogP contribution < -0.4 is 10.6 Å². The van der Waals surface area contributed by atoms with Gasteiger partial charge in [0.05, 0.1) is 0 Å². The molecule has 1 heterocycles. The highest BCUT2D eigenvalue weighted by molar-refractivity contribution is 5.87. The average molecular weight is 242 g/mol. The lowest BCUT2D eigenvalue weighted by Crippen LogP contribution is -2.47. The number of amides is 1. The van der Waals surface area contributed by atoms with Crippen LogP contribution in [0.4, 0.5) is 5.69 Å². The molecule has 1 aromatic carbocycles. The predicted octanol–water partition coefficient (Wildman–Crippen LogP) is 2.01. The van der Waals surface area contributed by atoms with Gasteiger partial charge in [0.15, 0.2) is 0 Å². The van der Waals surface area contributed by atoms with Crippen LogP contribution in [0.3, 0.4) is 0 Å². The van der Waals surface area contributed by atoms with Gasteiger partial charge in [-0.25, -0.2) is 0 Å². The Hall–Kier alpha value is -1.77. The monoisotopic (exact) mass is 242 g/mol. The molecule has 0 fully saturated rings. The van der Waals surface area contributed by atoms with Crippen molar-refractivity contribution in [2.75, 3.05) is 4.90 Å². The smallest absolute Gasteiger partial charge is 0.240 e. The van der Waals surface area contributed by atoms with Crippen molar-refractivity contribution in [3.8, 4) is 0 Å². The molecule has 0 saturated carbocycles. The second-order valence-electron chi connectivity index (χ2n) is 5.08. The molecule has 2 aliphatic rings. The lowest BCUT2D eigenvalue weighted by molar-refractivity contribution is -0.119. The topological polar surface area (TPSA) is 46.3 Å². The molecular weight excluding hydrogens is 224 g/mol. The van der Waals surface area contributed by atoms with Crippen molar-refractivity contribution >= 4 is 11.6 Å². The van der Waals surface area contributed by atoms with Crippen LogP contribution in [0, 0.1) is 0 Å². The van der Waals surface area contributed by atoms with Gasteiger partial charge in [-0.05, 0) is 30.9 Å². The van der Waals surface area contributed by atoms with Crippen LogP contribution in [-0.2, 0) is 11.2 Å². The van der Waals surface area contributed by atoms with Gasteiger partial charge < -0.3 is 10.6 Å². The maximum absolute atomic E-state index is 11.7. The van der Waals surface area contributed by atoms with Gasteiger partial charge >= 0.3 is 0 Å². The van der Waals surface area contributed by atoms with E-state index in [4.69, 9.17) is 5.73 Å². The molecule has 2 N–H and O–H groups in total. The van der Waals surface area contributed by atoms with Crippen molar-refractivity contribution in [3.05, 3.63) is 42.0 Å². The zero-order valence-corrected chi connectivity index (χ0v) is 10.4. The molecule has 0 unspecified atom stereocenters. The first-order chi connectivity index (χ1) is 8.77. The van der Waals surface area contributed by atoms with Gasteiger partial charge in [0.1, 0.15) is 6.04 Å². The molecule has 0 saturated heterocycles. The Bertz CT molecular complexity index is 495. The number of para-hydroxylation sites is 1. The average Bonchev–Trinajstić information content (AvgIpc) is 2.79. The minimum atomic E-state index is -0.217. The summed E-state index contributed by atoms with van der Waals surface area (Å²) in [4.78, 5) is 13.9. The van der Waals surface area contributed by atoms with Gasteiger partial charge in [0, 0.05) is 18.2 Å². The molecule has 1 aliphatic carbocycles. The first-order valence-corrected chi connectivity index (χ1v) is 6.59. The number of carbonyl (C=O) groups excluding carboxylic acids is 1. The van der Waals surface area contributed by atoms with E-state index in [-0.39, 0.29) is 11.9 Å². The fourth-order valence-electron chi connectivity index (χ4n) is 3.08. The number of fused-ring (bicyclic) bond motifs is 1. The molecule has 3 rings (SSSR count). The van der Waals surface area contributed by atoms with Gasteiger partial charge in [0.25, 0.3) is 0 Å². The molecule has 0 aromatic heterocycles. The Morgan fingerprint density at radius 3 is 2.89 bits per heavy atom. The molecular formula is C15H18N2O. The van der Waals surface area contributed by atoms with E-state index >= 15 is 0 Å². The summed E-state index contributed by atoms with van der Waals surface area (Å²) >= 11 is 0. The largest absolute Gasteiger partial charge is 0.368 e. The van der Waals surface area contributed by atoms with Gasteiger partial charge in [-0.2, -0.15) is 0 Å². The quantitative estimate of drug-likeness (QED) is 0.806. The van der Waals surface area contributed by atoms with Gasteiger partial charge in [-0.15, -0.1) is 0 Å². The van der Waals surface area contributed by atoms with Crippen molar-refractivity contribution in [2.45, 2.75) is 37.8 Å². The van der Waals surface area contributed by atoms with E-state index < -0.39 is 0 Å². The molecule has 0 spiro atoms. The Balaban J connectivity index is 1.99. The van der Waals surface area contributed by atoms with Crippen LogP contribution in [0.5, 0.6) is 0 Å². The van der Waals surface area contributed by atoms with Crippen molar-refractivity contribution in [2.24, 2.45) is 5.73 Å². The Kier molecular flexibility index (Phi) is 2.82. The Labute approximate surface area is 107 Å². The highest BCUT2D eigenvalue weighted by Gasteiger charge is 2.36. The Morgan fingerprint density at radius 2 is 2.17 bits per heavy atom. The summed E-state index contributed by atoms with van der Waals surface area (Å²) in [6.45, 7) is 0. The molecule has 0 bridgehead atoms. The molecule has 1 aromatic rings. The number of primary amides is 1. The minimum Gasteiger partial charge on any atom is -0.368 e. The third-order valence-corrected chi connectivity index (χ3v) is 3.93. The number of benzene rings is 1. The van der Waals surface area contributed by atoms with Crippen molar-refractivity contribution in [1.82, 2.24) is 0 Å². The summed E-state index contributed by atoms with van der Waals surface area (Å²) in [5.41, 5.74) is 7.98. The summed E-state index contributed by atoms with van der Waals surface area (Å²) in [5.74, 6) is -0.217. The summed E-state index contributed by atoms with van der Waals surface area (Å²) in [6.07, 6.45) is 8.62. The summed E-state index contributed by atoms with van der Waals surface area (Å²) in [6, 6.07) is 8.38. The minimum absolute atomic E-state index is 0.185. The number of hydrogen-bond acceptors (Lipinski definition) is 2.